The third kappa shape index (κ3) is 4.97. The summed E-state index contributed by atoms with van der Waals surface area (Å²) in [5.74, 6) is 0.0999. The van der Waals surface area contributed by atoms with Gasteiger partial charge in [0.2, 0.25) is 0 Å². The average Bonchev–Trinajstić information content (AvgIpc) is 3.62. The zero-order valence-corrected chi connectivity index (χ0v) is 22.0. The monoisotopic (exact) mass is 534 g/mol. The zero-order valence-electron chi connectivity index (χ0n) is 21.2. The van der Waals surface area contributed by atoms with Crippen molar-refractivity contribution in [1.82, 2.24) is 14.3 Å². The van der Waals surface area contributed by atoms with Crippen LogP contribution >= 0.6 is 0 Å². The minimum atomic E-state index is -4.06. The number of methoxy groups -OCH3 is 1. The number of benzene rings is 3. The first-order valence-corrected chi connectivity index (χ1v) is 13.8. The number of likely N-dealkylation sites (N-methyl/N-ethyl adjacent to an activating group) is 1. The van der Waals surface area contributed by atoms with Crippen molar-refractivity contribution < 1.29 is 22.7 Å². The van der Waals surface area contributed by atoms with E-state index in [1.165, 1.54) is 9.21 Å². The van der Waals surface area contributed by atoms with Crippen LogP contribution in [0.1, 0.15) is 29.4 Å². The molecule has 38 heavy (non-hydrogen) atoms. The molecule has 2 N–H and O–H groups in total. The van der Waals surface area contributed by atoms with Crippen LogP contribution in [-0.4, -0.2) is 57.4 Å². The summed E-state index contributed by atoms with van der Waals surface area (Å²) in [5.41, 5.74) is 1.28. The Bertz CT molecular complexity index is 1410. The first-order valence-electron chi connectivity index (χ1n) is 12.4. The molecule has 10 heteroatoms. The van der Waals surface area contributed by atoms with Crippen LogP contribution in [-0.2, 0) is 15.0 Å². The lowest BCUT2D eigenvalue weighted by Crippen LogP contribution is -2.58. The van der Waals surface area contributed by atoms with Gasteiger partial charge in [-0.1, -0.05) is 60.7 Å². The molecule has 0 aromatic heterocycles. The van der Waals surface area contributed by atoms with Gasteiger partial charge >= 0.3 is 16.2 Å². The van der Waals surface area contributed by atoms with E-state index in [0.29, 0.717) is 17.9 Å². The highest BCUT2D eigenvalue weighted by Gasteiger charge is 2.63. The van der Waals surface area contributed by atoms with E-state index in [4.69, 9.17) is 4.74 Å². The molecule has 9 nitrogen and oxygen atoms in total. The van der Waals surface area contributed by atoms with Crippen LogP contribution in [0.5, 0.6) is 5.75 Å². The number of nitrogens with one attached hydrogen (secondary N) is 2. The van der Waals surface area contributed by atoms with Crippen LogP contribution in [0.2, 0.25) is 0 Å². The Balaban J connectivity index is 1.30. The normalized spacial score (nSPS) is 21.2. The number of rotatable bonds is 8. The number of ether oxygens (including phenoxy) is 1. The van der Waals surface area contributed by atoms with E-state index < -0.39 is 21.8 Å². The van der Waals surface area contributed by atoms with Crippen molar-refractivity contribution in [3.8, 4) is 5.75 Å². The Morgan fingerprint density at radius 1 is 0.921 bits per heavy atom. The van der Waals surface area contributed by atoms with E-state index in [1.807, 2.05) is 60.7 Å². The molecule has 3 amide bonds. The standard InChI is InChI=1S/C28H30N4O5S/c1-31(23-13-15-24(37-2)16-14-23)26(33)28(17-25(28)21-11-7-4-8-12-21)29-27(34)30-38(35,36)32-18-22(19-32)20-9-5-3-6-10-20/h3-16,22,25H,17-19H2,1-2H3,(H2,29,30,34). The molecule has 198 valence electrons. The minimum absolute atomic E-state index is 0.0767. The van der Waals surface area contributed by atoms with Gasteiger partial charge in [-0.3, -0.25) is 4.79 Å². The minimum Gasteiger partial charge on any atom is -0.497 e. The first-order chi connectivity index (χ1) is 18.2. The molecule has 0 radical (unpaired) electrons. The van der Waals surface area contributed by atoms with Crippen LogP contribution in [0, 0.1) is 0 Å². The lowest BCUT2D eigenvalue weighted by Gasteiger charge is -2.38. The SMILES string of the molecule is COc1ccc(N(C)C(=O)C2(NC(=O)NS(=O)(=O)N3CC(c4ccccc4)C3)CC2c2ccccc2)cc1. The van der Waals surface area contributed by atoms with E-state index in [2.05, 4.69) is 10.0 Å². The lowest BCUT2D eigenvalue weighted by molar-refractivity contribution is -0.121. The van der Waals surface area contributed by atoms with Crippen LogP contribution in [0.4, 0.5) is 10.5 Å². The molecule has 1 aliphatic carbocycles. The maximum Gasteiger partial charge on any atom is 0.330 e. The van der Waals surface area contributed by atoms with Crippen molar-refractivity contribution >= 4 is 27.8 Å². The van der Waals surface area contributed by atoms with Crippen molar-refractivity contribution in [3.05, 3.63) is 96.1 Å². The molecule has 1 heterocycles. The summed E-state index contributed by atoms with van der Waals surface area (Å²) < 4.78 is 34.3. The summed E-state index contributed by atoms with van der Waals surface area (Å²) >= 11 is 0. The lowest BCUT2D eigenvalue weighted by atomic mass is 9.94. The molecule has 2 aliphatic rings. The van der Waals surface area contributed by atoms with Gasteiger partial charge in [0.1, 0.15) is 11.3 Å². The van der Waals surface area contributed by atoms with Crippen molar-refractivity contribution in [3.63, 3.8) is 0 Å². The fourth-order valence-electron chi connectivity index (χ4n) is 4.98. The highest BCUT2D eigenvalue weighted by atomic mass is 32.2. The zero-order chi connectivity index (χ0) is 26.9. The number of hydrogen-bond acceptors (Lipinski definition) is 5. The van der Waals surface area contributed by atoms with Crippen molar-refractivity contribution in [2.75, 3.05) is 32.1 Å². The van der Waals surface area contributed by atoms with E-state index in [-0.39, 0.29) is 30.8 Å². The summed E-state index contributed by atoms with van der Waals surface area (Å²) in [7, 11) is -0.871. The van der Waals surface area contributed by atoms with Crippen LogP contribution in [0.25, 0.3) is 0 Å². The summed E-state index contributed by atoms with van der Waals surface area (Å²) in [4.78, 5) is 28.2. The van der Waals surface area contributed by atoms with Gasteiger partial charge in [0.15, 0.2) is 0 Å². The van der Waals surface area contributed by atoms with Crippen LogP contribution in [0.15, 0.2) is 84.9 Å². The molecule has 2 fully saturated rings. The summed E-state index contributed by atoms with van der Waals surface area (Å²) in [6.45, 7) is 0.563. The highest BCUT2D eigenvalue weighted by molar-refractivity contribution is 7.87. The molecular weight excluding hydrogens is 504 g/mol. The smallest absolute Gasteiger partial charge is 0.330 e. The van der Waals surface area contributed by atoms with Crippen molar-refractivity contribution in [1.29, 1.82) is 0 Å². The van der Waals surface area contributed by atoms with Gasteiger partial charge in [-0.15, -0.1) is 0 Å². The Morgan fingerprint density at radius 2 is 1.50 bits per heavy atom. The number of amides is 3. The van der Waals surface area contributed by atoms with Gasteiger partial charge in [-0.2, -0.15) is 12.7 Å². The maximum atomic E-state index is 13.8. The third-order valence-electron chi connectivity index (χ3n) is 7.33. The second kappa shape index (κ2) is 10.1. The molecule has 0 spiro atoms. The third-order valence-corrected chi connectivity index (χ3v) is 8.75. The second-order valence-corrected chi connectivity index (χ2v) is 11.4. The predicted octanol–water partition coefficient (Wildman–Crippen LogP) is 3.23. The van der Waals surface area contributed by atoms with Gasteiger partial charge in [0.05, 0.1) is 7.11 Å². The molecule has 3 aromatic carbocycles. The van der Waals surface area contributed by atoms with E-state index in [0.717, 1.165) is 11.1 Å². The van der Waals surface area contributed by atoms with E-state index in [9.17, 15) is 18.0 Å². The molecule has 5 rings (SSSR count). The number of anilines is 1. The molecule has 1 saturated carbocycles. The van der Waals surface area contributed by atoms with Gasteiger partial charge in [0.25, 0.3) is 5.91 Å². The number of carbonyl (C=O) groups is 2. The second-order valence-electron chi connectivity index (χ2n) is 9.69. The summed E-state index contributed by atoms with van der Waals surface area (Å²) in [5, 5.41) is 2.72. The fourth-order valence-corrected chi connectivity index (χ4v) is 6.15. The van der Waals surface area contributed by atoms with Crippen molar-refractivity contribution in [2.24, 2.45) is 0 Å². The largest absolute Gasteiger partial charge is 0.497 e. The molecule has 1 aliphatic heterocycles. The first kappa shape index (κ1) is 25.7. The molecule has 1 saturated heterocycles. The molecule has 2 atom stereocenters. The van der Waals surface area contributed by atoms with Crippen molar-refractivity contribution in [2.45, 2.75) is 23.8 Å². The number of carbonyl (C=O) groups excluding carboxylic acids is 2. The summed E-state index contributed by atoms with van der Waals surface area (Å²) in [6, 6.07) is 25.1. The van der Waals surface area contributed by atoms with Gasteiger partial charge in [-0.05, 0) is 41.8 Å². The van der Waals surface area contributed by atoms with Gasteiger partial charge in [0, 0.05) is 37.7 Å². The maximum absolute atomic E-state index is 13.8. The quantitative estimate of drug-likeness (QED) is 0.461. The topological polar surface area (TPSA) is 108 Å². The Hall–Kier alpha value is -3.89. The molecule has 3 aromatic rings. The number of hydrogen-bond donors (Lipinski definition) is 2. The Labute approximate surface area is 222 Å². The molecular formula is C28H30N4O5S. The highest BCUT2D eigenvalue weighted by Crippen LogP contribution is 2.52. The number of urea groups is 1. The van der Waals surface area contributed by atoms with E-state index >= 15 is 0 Å². The Kier molecular flexibility index (Phi) is 6.85. The fraction of sp³-hybridized carbons (Fsp3) is 0.286. The van der Waals surface area contributed by atoms with Gasteiger partial charge in [-0.25, -0.2) is 9.52 Å². The van der Waals surface area contributed by atoms with E-state index in [1.54, 1.807) is 38.4 Å². The van der Waals surface area contributed by atoms with Crippen LogP contribution < -0.4 is 19.7 Å². The van der Waals surface area contributed by atoms with Crippen LogP contribution in [0.3, 0.4) is 0 Å². The van der Waals surface area contributed by atoms with Gasteiger partial charge < -0.3 is 15.0 Å². The Morgan fingerprint density at radius 3 is 2.08 bits per heavy atom. The average molecular weight is 535 g/mol. The summed E-state index contributed by atoms with van der Waals surface area (Å²) in [6.07, 6.45) is 0.351. The molecule has 0 bridgehead atoms. The molecule has 2 unspecified atom stereocenters. The number of nitrogens with zero attached hydrogens (tertiary/aromatic N) is 2. The predicted molar refractivity (Wildman–Crippen MR) is 144 cm³/mol.